The molecule has 3 heterocycles. The fourth-order valence-electron chi connectivity index (χ4n) is 7.71. The monoisotopic (exact) mass is 603 g/mol. The first-order valence-electron chi connectivity index (χ1n) is 16.1. The van der Waals surface area contributed by atoms with E-state index in [-0.39, 0.29) is 5.41 Å². The van der Waals surface area contributed by atoms with Gasteiger partial charge in [-0.15, -0.1) is 0 Å². The zero-order valence-corrected chi connectivity index (χ0v) is 26.0. The van der Waals surface area contributed by atoms with Gasteiger partial charge in [-0.05, 0) is 64.7 Å². The molecule has 0 radical (unpaired) electrons. The molecule has 0 bridgehead atoms. The molecule has 0 amide bonds. The van der Waals surface area contributed by atoms with E-state index in [0.717, 1.165) is 55.6 Å². The molecule has 10 rings (SSSR count). The first kappa shape index (κ1) is 26.2. The molecule has 0 aliphatic heterocycles. The number of nitrogens with zero attached hydrogens (tertiary/aromatic N) is 3. The quantitative estimate of drug-likeness (QED) is 0.202. The summed E-state index contributed by atoms with van der Waals surface area (Å²) < 4.78 is 8.47. The van der Waals surface area contributed by atoms with Crippen LogP contribution in [0.2, 0.25) is 0 Å². The summed E-state index contributed by atoms with van der Waals surface area (Å²) >= 11 is 0. The van der Waals surface area contributed by atoms with Crippen LogP contribution < -0.4 is 0 Å². The minimum atomic E-state index is -0.0816. The molecule has 0 spiro atoms. The number of furan rings is 1. The maximum absolute atomic E-state index is 6.15. The summed E-state index contributed by atoms with van der Waals surface area (Å²) in [6, 6.07) is 49.2. The molecule has 0 saturated heterocycles. The lowest BCUT2D eigenvalue weighted by atomic mass is 9.82. The summed E-state index contributed by atoms with van der Waals surface area (Å²) in [6.07, 6.45) is 0. The van der Waals surface area contributed by atoms with Gasteiger partial charge in [0.2, 0.25) is 0 Å². The molecular formula is C43H29N3O. The summed E-state index contributed by atoms with van der Waals surface area (Å²) in [5.41, 5.74) is 12.1. The molecule has 9 aromatic rings. The number of fused-ring (bicyclic) bond motifs is 9. The van der Waals surface area contributed by atoms with Gasteiger partial charge in [0, 0.05) is 44.2 Å². The standard InChI is InChI=1S/C43H29N3O/c1-43(2)34-17-9-6-14-28(34)31-24-38-32(23-35(31)43)29-15-7-10-18-37(29)46(38)41-25-36(26-12-4-3-5-13-26)44-42(45-41)27-20-21-40-33(22-27)30-16-8-11-19-39(30)47-40/h3-25H,1-2H3. The fraction of sp³-hybridized carbons (Fsp3) is 0.0698. The third kappa shape index (κ3) is 3.76. The molecule has 47 heavy (non-hydrogen) atoms. The molecule has 0 unspecified atom stereocenters. The van der Waals surface area contributed by atoms with Crippen LogP contribution in [-0.4, -0.2) is 14.5 Å². The van der Waals surface area contributed by atoms with E-state index in [1.54, 1.807) is 0 Å². The van der Waals surface area contributed by atoms with Crippen molar-refractivity contribution in [3.63, 3.8) is 0 Å². The Morgan fingerprint density at radius 1 is 0.511 bits per heavy atom. The molecule has 1 aliphatic carbocycles. The van der Waals surface area contributed by atoms with Crippen LogP contribution in [0.1, 0.15) is 25.0 Å². The highest BCUT2D eigenvalue weighted by molar-refractivity contribution is 6.11. The zero-order chi connectivity index (χ0) is 31.3. The zero-order valence-electron chi connectivity index (χ0n) is 26.0. The first-order valence-corrected chi connectivity index (χ1v) is 16.1. The second-order valence-electron chi connectivity index (χ2n) is 13.0. The van der Waals surface area contributed by atoms with Gasteiger partial charge in [0.15, 0.2) is 5.82 Å². The molecule has 3 aromatic heterocycles. The Morgan fingerprint density at radius 2 is 1.26 bits per heavy atom. The van der Waals surface area contributed by atoms with Crippen molar-refractivity contribution in [2.75, 3.05) is 0 Å². The number of hydrogen-bond donors (Lipinski definition) is 0. The number of para-hydroxylation sites is 2. The van der Waals surface area contributed by atoms with Crippen molar-refractivity contribution in [3.05, 3.63) is 151 Å². The maximum atomic E-state index is 6.15. The summed E-state index contributed by atoms with van der Waals surface area (Å²) in [4.78, 5) is 10.5. The van der Waals surface area contributed by atoms with Crippen molar-refractivity contribution in [3.8, 4) is 39.6 Å². The lowest BCUT2D eigenvalue weighted by Crippen LogP contribution is -2.14. The van der Waals surface area contributed by atoms with Gasteiger partial charge < -0.3 is 4.42 Å². The van der Waals surface area contributed by atoms with E-state index >= 15 is 0 Å². The average molecular weight is 604 g/mol. The van der Waals surface area contributed by atoms with Gasteiger partial charge in [0.1, 0.15) is 17.0 Å². The molecule has 0 N–H and O–H groups in total. The van der Waals surface area contributed by atoms with Crippen LogP contribution in [0.25, 0.3) is 83.3 Å². The number of hydrogen-bond acceptors (Lipinski definition) is 3. The normalized spacial score (nSPS) is 13.5. The number of benzene rings is 6. The van der Waals surface area contributed by atoms with Gasteiger partial charge >= 0.3 is 0 Å². The number of aromatic nitrogens is 3. The smallest absolute Gasteiger partial charge is 0.162 e. The van der Waals surface area contributed by atoms with Gasteiger partial charge in [-0.1, -0.05) is 105 Å². The summed E-state index contributed by atoms with van der Waals surface area (Å²) in [6.45, 7) is 4.68. The fourth-order valence-corrected chi connectivity index (χ4v) is 7.71. The molecule has 4 heteroatoms. The van der Waals surface area contributed by atoms with Gasteiger partial charge in [0.05, 0.1) is 16.7 Å². The third-order valence-corrected chi connectivity index (χ3v) is 10.0. The molecule has 4 nitrogen and oxygen atoms in total. The first-order chi connectivity index (χ1) is 23.0. The Bertz CT molecular complexity index is 2710. The van der Waals surface area contributed by atoms with E-state index in [1.807, 2.05) is 30.3 Å². The molecular weight excluding hydrogens is 574 g/mol. The van der Waals surface area contributed by atoms with E-state index in [4.69, 9.17) is 14.4 Å². The third-order valence-electron chi connectivity index (χ3n) is 10.0. The molecule has 0 fully saturated rings. The van der Waals surface area contributed by atoms with Crippen molar-refractivity contribution in [1.82, 2.24) is 14.5 Å². The van der Waals surface area contributed by atoms with Crippen LogP contribution in [0, 0.1) is 0 Å². The Hall–Kier alpha value is -6.00. The summed E-state index contributed by atoms with van der Waals surface area (Å²) in [7, 11) is 0. The molecule has 6 aromatic carbocycles. The van der Waals surface area contributed by atoms with Crippen LogP contribution in [-0.2, 0) is 5.41 Å². The van der Waals surface area contributed by atoms with Crippen LogP contribution in [0.3, 0.4) is 0 Å². The van der Waals surface area contributed by atoms with Crippen molar-refractivity contribution in [2.24, 2.45) is 0 Å². The number of rotatable bonds is 3. The average Bonchev–Trinajstić information content (AvgIpc) is 3.73. The van der Waals surface area contributed by atoms with Crippen molar-refractivity contribution < 1.29 is 4.42 Å². The largest absolute Gasteiger partial charge is 0.456 e. The minimum absolute atomic E-state index is 0.0816. The highest BCUT2D eigenvalue weighted by atomic mass is 16.3. The topological polar surface area (TPSA) is 43.9 Å². The van der Waals surface area contributed by atoms with Crippen LogP contribution >= 0.6 is 0 Å². The van der Waals surface area contributed by atoms with E-state index in [1.165, 1.54) is 33.0 Å². The van der Waals surface area contributed by atoms with Crippen LogP contribution in [0.15, 0.2) is 144 Å². The van der Waals surface area contributed by atoms with E-state index in [2.05, 4.69) is 128 Å². The van der Waals surface area contributed by atoms with Gasteiger partial charge in [-0.25, -0.2) is 9.97 Å². The predicted octanol–water partition coefficient (Wildman–Crippen LogP) is 11.1. The minimum Gasteiger partial charge on any atom is -0.456 e. The predicted molar refractivity (Wildman–Crippen MR) is 192 cm³/mol. The summed E-state index contributed by atoms with van der Waals surface area (Å²) in [5.74, 6) is 1.51. The van der Waals surface area contributed by atoms with Crippen molar-refractivity contribution in [1.29, 1.82) is 0 Å². The highest BCUT2D eigenvalue weighted by Crippen LogP contribution is 2.51. The molecule has 222 valence electrons. The lowest BCUT2D eigenvalue weighted by Gasteiger charge is -2.21. The molecule has 0 atom stereocenters. The van der Waals surface area contributed by atoms with E-state index in [9.17, 15) is 0 Å². The SMILES string of the molecule is CC1(C)c2ccccc2-c2cc3c(cc21)c1ccccc1n3-c1cc(-c2ccccc2)nc(-c2ccc3oc4ccccc4c3c2)n1. The van der Waals surface area contributed by atoms with Crippen molar-refractivity contribution in [2.45, 2.75) is 19.3 Å². The maximum Gasteiger partial charge on any atom is 0.162 e. The summed E-state index contributed by atoms with van der Waals surface area (Å²) in [5, 5.41) is 4.59. The second-order valence-corrected chi connectivity index (χ2v) is 13.0. The Balaban J connectivity index is 1.27. The van der Waals surface area contributed by atoms with Crippen LogP contribution in [0.4, 0.5) is 0 Å². The van der Waals surface area contributed by atoms with Gasteiger partial charge in [-0.3, -0.25) is 4.57 Å². The molecule has 1 aliphatic rings. The Morgan fingerprint density at radius 3 is 2.15 bits per heavy atom. The second kappa shape index (κ2) is 9.51. The lowest BCUT2D eigenvalue weighted by molar-refractivity contribution is 0.661. The Kier molecular flexibility index (Phi) is 5.31. The van der Waals surface area contributed by atoms with Crippen LogP contribution in [0.5, 0.6) is 0 Å². The molecule has 0 saturated carbocycles. The van der Waals surface area contributed by atoms with Crippen molar-refractivity contribution >= 4 is 43.7 Å². The Labute approximate surface area is 271 Å². The van der Waals surface area contributed by atoms with Gasteiger partial charge in [-0.2, -0.15) is 0 Å². The van der Waals surface area contributed by atoms with E-state index < -0.39 is 0 Å². The van der Waals surface area contributed by atoms with Gasteiger partial charge in [0.25, 0.3) is 0 Å². The highest BCUT2D eigenvalue weighted by Gasteiger charge is 2.36. The van der Waals surface area contributed by atoms with E-state index in [0.29, 0.717) is 5.82 Å².